The molecule has 1 N–H and O–H groups in total. The van der Waals surface area contributed by atoms with Crippen LogP contribution < -0.4 is 14.8 Å². The molecular weight excluding hydrogens is 302 g/mol. The lowest BCUT2D eigenvalue weighted by Gasteiger charge is -2.10. The van der Waals surface area contributed by atoms with Crippen LogP contribution in [0.3, 0.4) is 0 Å². The summed E-state index contributed by atoms with van der Waals surface area (Å²) in [4.78, 5) is 12.0. The maximum absolute atomic E-state index is 11.9. The van der Waals surface area contributed by atoms with Crippen molar-refractivity contribution in [3.8, 4) is 11.5 Å². The van der Waals surface area contributed by atoms with Gasteiger partial charge in [0.25, 0.3) is 5.91 Å². The first kappa shape index (κ1) is 13.2. The SMILES string of the molecule is COCC(Br)CNC(=O)c1ccc2c(c1)OCO2. The molecule has 0 radical (unpaired) electrons. The van der Waals surface area contributed by atoms with Crippen LogP contribution in [0.2, 0.25) is 0 Å². The lowest BCUT2D eigenvalue weighted by Crippen LogP contribution is -2.31. The molecule has 1 heterocycles. The van der Waals surface area contributed by atoms with E-state index in [0.717, 1.165) is 0 Å². The van der Waals surface area contributed by atoms with Crippen LogP contribution >= 0.6 is 15.9 Å². The van der Waals surface area contributed by atoms with E-state index in [2.05, 4.69) is 21.2 Å². The molecule has 6 heteroatoms. The molecule has 98 valence electrons. The molecule has 1 aromatic carbocycles. The predicted octanol–water partition coefficient (Wildman–Crippen LogP) is 1.55. The molecule has 1 amide bonds. The summed E-state index contributed by atoms with van der Waals surface area (Å²) >= 11 is 3.40. The number of benzene rings is 1. The van der Waals surface area contributed by atoms with Gasteiger partial charge < -0.3 is 19.5 Å². The Hall–Kier alpha value is -1.27. The topological polar surface area (TPSA) is 56.8 Å². The van der Waals surface area contributed by atoms with Gasteiger partial charge >= 0.3 is 0 Å². The molecule has 5 nitrogen and oxygen atoms in total. The molecule has 1 aromatic rings. The summed E-state index contributed by atoms with van der Waals surface area (Å²) in [5.41, 5.74) is 0.552. The molecule has 1 atom stereocenters. The predicted molar refractivity (Wildman–Crippen MR) is 69.5 cm³/mol. The van der Waals surface area contributed by atoms with E-state index in [0.29, 0.717) is 30.2 Å². The molecule has 0 aromatic heterocycles. The number of hydrogen-bond acceptors (Lipinski definition) is 4. The lowest BCUT2D eigenvalue weighted by molar-refractivity contribution is 0.0949. The minimum atomic E-state index is -0.145. The number of alkyl halides is 1. The fourth-order valence-electron chi connectivity index (χ4n) is 1.58. The highest BCUT2D eigenvalue weighted by molar-refractivity contribution is 9.09. The second-order valence-corrected chi connectivity index (χ2v) is 5.13. The Labute approximate surface area is 114 Å². The van der Waals surface area contributed by atoms with Crippen LogP contribution in [-0.2, 0) is 4.74 Å². The maximum Gasteiger partial charge on any atom is 0.251 e. The molecule has 0 fully saturated rings. The molecule has 1 aliphatic heterocycles. The van der Waals surface area contributed by atoms with Crippen LogP contribution in [0, 0.1) is 0 Å². The molecule has 18 heavy (non-hydrogen) atoms. The summed E-state index contributed by atoms with van der Waals surface area (Å²) in [6.07, 6.45) is 0. The fourth-order valence-corrected chi connectivity index (χ4v) is 2.01. The Kier molecular flexibility index (Phi) is 4.43. The van der Waals surface area contributed by atoms with Gasteiger partial charge in [0.15, 0.2) is 11.5 Å². The van der Waals surface area contributed by atoms with Gasteiger partial charge in [-0.15, -0.1) is 0 Å². The summed E-state index contributed by atoms with van der Waals surface area (Å²) in [6.45, 7) is 1.25. The van der Waals surface area contributed by atoms with E-state index in [4.69, 9.17) is 14.2 Å². The van der Waals surface area contributed by atoms with Crippen molar-refractivity contribution in [2.75, 3.05) is 27.1 Å². The number of nitrogens with one attached hydrogen (secondary N) is 1. The molecule has 0 spiro atoms. The Morgan fingerprint density at radius 2 is 2.28 bits per heavy atom. The number of carbonyl (C=O) groups excluding carboxylic acids is 1. The van der Waals surface area contributed by atoms with Gasteiger partial charge in [0.05, 0.1) is 11.4 Å². The molecular formula is C12H14BrNO4. The number of fused-ring (bicyclic) bond motifs is 1. The summed E-state index contributed by atoms with van der Waals surface area (Å²) in [5.74, 6) is 1.13. The zero-order valence-corrected chi connectivity index (χ0v) is 11.5. The van der Waals surface area contributed by atoms with Gasteiger partial charge in [0.1, 0.15) is 0 Å². The van der Waals surface area contributed by atoms with E-state index in [1.807, 2.05) is 0 Å². The molecule has 1 aliphatic rings. The second-order valence-electron chi connectivity index (χ2n) is 3.83. The first-order valence-electron chi connectivity index (χ1n) is 5.51. The quantitative estimate of drug-likeness (QED) is 0.838. The van der Waals surface area contributed by atoms with Crippen molar-refractivity contribution in [1.29, 1.82) is 0 Å². The normalized spacial score (nSPS) is 14.3. The highest BCUT2D eigenvalue weighted by Gasteiger charge is 2.16. The largest absolute Gasteiger partial charge is 0.454 e. The summed E-state index contributed by atoms with van der Waals surface area (Å²) in [7, 11) is 1.62. The molecule has 1 unspecified atom stereocenters. The molecule has 0 bridgehead atoms. The van der Waals surface area contributed by atoms with E-state index in [1.54, 1.807) is 25.3 Å². The van der Waals surface area contributed by atoms with Crippen molar-refractivity contribution in [3.05, 3.63) is 23.8 Å². The fraction of sp³-hybridized carbons (Fsp3) is 0.417. The Morgan fingerprint density at radius 3 is 3.06 bits per heavy atom. The monoisotopic (exact) mass is 315 g/mol. The van der Waals surface area contributed by atoms with Gasteiger partial charge in [-0.05, 0) is 18.2 Å². The average Bonchev–Trinajstić information content (AvgIpc) is 2.83. The molecule has 0 saturated heterocycles. The van der Waals surface area contributed by atoms with Gasteiger partial charge in [0.2, 0.25) is 6.79 Å². The van der Waals surface area contributed by atoms with E-state index < -0.39 is 0 Å². The number of rotatable bonds is 5. The van der Waals surface area contributed by atoms with E-state index >= 15 is 0 Å². The third-order valence-electron chi connectivity index (χ3n) is 2.47. The molecule has 0 saturated carbocycles. The van der Waals surface area contributed by atoms with Crippen molar-refractivity contribution >= 4 is 21.8 Å². The first-order chi connectivity index (χ1) is 8.70. The van der Waals surface area contributed by atoms with Crippen LogP contribution in [0.25, 0.3) is 0 Å². The summed E-state index contributed by atoms with van der Waals surface area (Å²) < 4.78 is 15.4. The number of ether oxygens (including phenoxy) is 3. The number of amides is 1. The van der Waals surface area contributed by atoms with Gasteiger partial charge in [-0.2, -0.15) is 0 Å². The van der Waals surface area contributed by atoms with E-state index in [1.165, 1.54) is 0 Å². The van der Waals surface area contributed by atoms with Gasteiger partial charge in [-0.1, -0.05) is 15.9 Å². The first-order valence-corrected chi connectivity index (χ1v) is 6.43. The number of halogens is 1. The number of carbonyl (C=O) groups is 1. The van der Waals surface area contributed by atoms with Crippen molar-refractivity contribution in [2.24, 2.45) is 0 Å². The Bertz CT molecular complexity index is 438. The minimum absolute atomic E-state index is 0.0976. The van der Waals surface area contributed by atoms with E-state index in [9.17, 15) is 4.79 Å². The third-order valence-corrected chi connectivity index (χ3v) is 3.05. The Morgan fingerprint density at radius 1 is 1.50 bits per heavy atom. The zero-order chi connectivity index (χ0) is 13.0. The van der Waals surface area contributed by atoms with Crippen molar-refractivity contribution in [2.45, 2.75) is 4.83 Å². The summed E-state index contributed by atoms with van der Waals surface area (Å²) in [5, 5.41) is 2.81. The highest BCUT2D eigenvalue weighted by atomic mass is 79.9. The van der Waals surface area contributed by atoms with Gasteiger partial charge in [0, 0.05) is 19.2 Å². The van der Waals surface area contributed by atoms with Gasteiger partial charge in [-0.3, -0.25) is 4.79 Å². The van der Waals surface area contributed by atoms with Crippen molar-refractivity contribution in [3.63, 3.8) is 0 Å². The molecule has 2 rings (SSSR count). The average molecular weight is 316 g/mol. The van der Waals surface area contributed by atoms with Crippen LogP contribution in [-0.4, -0.2) is 37.8 Å². The second kappa shape index (κ2) is 6.06. The number of methoxy groups -OCH3 is 1. The lowest BCUT2D eigenvalue weighted by atomic mass is 10.2. The van der Waals surface area contributed by atoms with Crippen LogP contribution in [0.4, 0.5) is 0 Å². The minimum Gasteiger partial charge on any atom is -0.454 e. The maximum atomic E-state index is 11.9. The highest BCUT2D eigenvalue weighted by Crippen LogP contribution is 2.32. The van der Waals surface area contributed by atoms with Crippen LogP contribution in [0.15, 0.2) is 18.2 Å². The standard InChI is InChI=1S/C12H14BrNO4/c1-16-6-9(13)5-14-12(15)8-2-3-10-11(4-8)18-7-17-10/h2-4,9H,5-7H2,1H3,(H,14,15). The van der Waals surface area contributed by atoms with Crippen molar-refractivity contribution < 1.29 is 19.0 Å². The third kappa shape index (κ3) is 3.14. The summed E-state index contributed by atoms with van der Waals surface area (Å²) in [6, 6.07) is 5.12. The van der Waals surface area contributed by atoms with Crippen LogP contribution in [0.1, 0.15) is 10.4 Å². The zero-order valence-electron chi connectivity index (χ0n) is 9.94. The Balaban J connectivity index is 1.93. The molecule has 0 aliphatic carbocycles. The van der Waals surface area contributed by atoms with Crippen LogP contribution in [0.5, 0.6) is 11.5 Å². The smallest absolute Gasteiger partial charge is 0.251 e. The number of hydrogen-bond donors (Lipinski definition) is 1. The van der Waals surface area contributed by atoms with E-state index in [-0.39, 0.29) is 17.5 Å². The van der Waals surface area contributed by atoms with Crippen molar-refractivity contribution in [1.82, 2.24) is 5.32 Å². The van der Waals surface area contributed by atoms with Gasteiger partial charge in [-0.25, -0.2) is 0 Å².